The summed E-state index contributed by atoms with van der Waals surface area (Å²) in [6, 6.07) is 11.3. The van der Waals surface area contributed by atoms with Gasteiger partial charge in [0.25, 0.3) is 0 Å². The van der Waals surface area contributed by atoms with Crippen LogP contribution < -0.4 is 10.2 Å². The molecular formula is C16H20N2S. The van der Waals surface area contributed by atoms with Crippen molar-refractivity contribution in [2.75, 3.05) is 18.5 Å². The number of fused-ring (bicyclic) bond motifs is 1. The van der Waals surface area contributed by atoms with Crippen LogP contribution in [0.2, 0.25) is 0 Å². The van der Waals surface area contributed by atoms with Crippen LogP contribution in [0.3, 0.4) is 0 Å². The SMILES string of the molecule is Cc1ccc(CNCc2ccc3c(c2)CCN3C)s1. The van der Waals surface area contributed by atoms with E-state index in [-0.39, 0.29) is 0 Å². The van der Waals surface area contributed by atoms with E-state index in [0.717, 1.165) is 19.6 Å². The minimum absolute atomic E-state index is 0.952. The molecule has 3 rings (SSSR count). The lowest BCUT2D eigenvalue weighted by molar-refractivity contribution is 0.700. The molecule has 0 radical (unpaired) electrons. The Morgan fingerprint density at radius 2 is 2.11 bits per heavy atom. The zero-order chi connectivity index (χ0) is 13.2. The van der Waals surface area contributed by atoms with Gasteiger partial charge in [-0.2, -0.15) is 0 Å². The number of likely N-dealkylation sites (N-methyl/N-ethyl adjacent to an activating group) is 1. The molecule has 3 heteroatoms. The Balaban J connectivity index is 1.59. The van der Waals surface area contributed by atoms with E-state index in [1.54, 1.807) is 0 Å². The van der Waals surface area contributed by atoms with Gasteiger partial charge in [-0.25, -0.2) is 0 Å². The molecular weight excluding hydrogens is 252 g/mol. The lowest BCUT2D eigenvalue weighted by Gasteiger charge is -2.12. The Hall–Kier alpha value is -1.32. The quantitative estimate of drug-likeness (QED) is 0.918. The fourth-order valence-electron chi connectivity index (χ4n) is 2.64. The zero-order valence-electron chi connectivity index (χ0n) is 11.6. The Morgan fingerprint density at radius 3 is 2.89 bits per heavy atom. The molecule has 0 bridgehead atoms. The lowest BCUT2D eigenvalue weighted by atomic mass is 10.1. The number of aryl methyl sites for hydroxylation is 1. The van der Waals surface area contributed by atoms with Crippen LogP contribution >= 0.6 is 11.3 Å². The second-order valence-corrected chi connectivity index (χ2v) is 6.62. The van der Waals surface area contributed by atoms with E-state index in [0.29, 0.717) is 0 Å². The highest BCUT2D eigenvalue weighted by molar-refractivity contribution is 7.11. The first-order chi connectivity index (χ1) is 9.22. The molecule has 2 heterocycles. The largest absolute Gasteiger partial charge is 0.374 e. The second kappa shape index (κ2) is 5.35. The van der Waals surface area contributed by atoms with Gasteiger partial charge in [0.05, 0.1) is 0 Å². The molecule has 2 aromatic rings. The molecule has 19 heavy (non-hydrogen) atoms. The number of anilines is 1. The molecule has 2 nitrogen and oxygen atoms in total. The zero-order valence-corrected chi connectivity index (χ0v) is 12.4. The van der Waals surface area contributed by atoms with E-state index in [1.807, 2.05) is 11.3 Å². The predicted molar refractivity (Wildman–Crippen MR) is 83.0 cm³/mol. The number of rotatable bonds is 4. The first-order valence-electron chi connectivity index (χ1n) is 6.81. The maximum atomic E-state index is 3.53. The average Bonchev–Trinajstić information content (AvgIpc) is 2.97. The van der Waals surface area contributed by atoms with Crippen molar-refractivity contribution >= 4 is 17.0 Å². The van der Waals surface area contributed by atoms with Crippen LogP contribution in [0.5, 0.6) is 0 Å². The smallest absolute Gasteiger partial charge is 0.0397 e. The van der Waals surface area contributed by atoms with Gasteiger partial charge < -0.3 is 10.2 Å². The molecule has 0 spiro atoms. The molecule has 0 amide bonds. The van der Waals surface area contributed by atoms with Gasteiger partial charge in [-0.05, 0) is 42.7 Å². The molecule has 1 aliphatic heterocycles. The van der Waals surface area contributed by atoms with Crippen molar-refractivity contribution in [3.05, 3.63) is 51.2 Å². The summed E-state index contributed by atoms with van der Waals surface area (Å²) in [7, 11) is 2.17. The van der Waals surface area contributed by atoms with Gasteiger partial charge in [0, 0.05) is 42.1 Å². The highest BCUT2D eigenvalue weighted by atomic mass is 32.1. The van der Waals surface area contributed by atoms with Gasteiger partial charge >= 0.3 is 0 Å². The summed E-state index contributed by atoms with van der Waals surface area (Å²) in [5.41, 5.74) is 4.29. The van der Waals surface area contributed by atoms with Crippen LogP contribution in [0.25, 0.3) is 0 Å². The minimum atomic E-state index is 0.952. The van der Waals surface area contributed by atoms with Crippen LogP contribution in [-0.4, -0.2) is 13.6 Å². The summed E-state index contributed by atoms with van der Waals surface area (Å²) >= 11 is 1.87. The van der Waals surface area contributed by atoms with Crippen molar-refractivity contribution in [1.82, 2.24) is 5.32 Å². The molecule has 1 aromatic heterocycles. The van der Waals surface area contributed by atoms with E-state index >= 15 is 0 Å². The summed E-state index contributed by atoms with van der Waals surface area (Å²) in [5.74, 6) is 0. The number of hydrogen-bond acceptors (Lipinski definition) is 3. The molecule has 0 saturated heterocycles. The van der Waals surface area contributed by atoms with Gasteiger partial charge in [0.2, 0.25) is 0 Å². The van der Waals surface area contributed by atoms with Crippen molar-refractivity contribution in [2.45, 2.75) is 26.4 Å². The Bertz CT molecular complexity index is 574. The average molecular weight is 272 g/mol. The molecule has 0 unspecified atom stereocenters. The van der Waals surface area contributed by atoms with Gasteiger partial charge in [-0.1, -0.05) is 12.1 Å². The normalized spacial score (nSPS) is 13.9. The monoisotopic (exact) mass is 272 g/mol. The Morgan fingerprint density at radius 1 is 1.21 bits per heavy atom. The summed E-state index contributed by atoms with van der Waals surface area (Å²) in [5, 5.41) is 3.53. The van der Waals surface area contributed by atoms with E-state index < -0.39 is 0 Å². The summed E-state index contributed by atoms with van der Waals surface area (Å²) < 4.78 is 0. The van der Waals surface area contributed by atoms with E-state index in [2.05, 4.69) is 54.5 Å². The first-order valence-corrected chi connectivity index (χ1v) is 7.63. The molecule has 100 valence electrons. The predicted octanol–water partition coefficient (Wildman–Crippen LogP) is 3.34. The Labute approximate surface area is 119 Å². The third kappa shape index (κ3) is 2.82. The second-order valence-electron chi connectivity index (χ2n) is 5.25. The van der Waals surface area contributed by atoms with Crippen LogP contribution in [0.4, 0.5) is 5.69 Å². The highest BCUT2D eigenvalue weighted by Crippen LogP contribution is 2.27. The van der Waals surface area contributed by atoms with Crippen molar-refractivity contribution < 1.29 is 0 Å². The summed E-state index contributed by atoms with van der Waals surface area (Å²) in [6.07, 6.45) is 1.18. The van der Waals surface area contributed by atoms with Gasteiger partial charge in [0.15, 0.2) is 0 Å². The standard InChI is InChI=1S/C16H20N2S/c1-12-3-5-15(19-12)11-17-10-13-4-6-16-14(9-13)7-8-18(16)2/h3-6,9,17H,7-8,10-11H2,1-2H3. The maximum absolute atomic E-state index is 3.53. The molecule has 0 aliphatic carbocycles. The van der Waals surface area contributed by atoms with E-state index in [9.17, 15) is 0 Å². The molecule has 1 aliphatic rings. The van der Waals surface area contributed by atoms with Crippen LogP contribution in [0.15, 0.2) is 30.3 Å². The first kappa shape index (κ1) is 12.7. The molecule has 0 saturated carbocycles. The van der Waals surface area contributed by atoms with Gasteiger partial charge in [0.1, 0.15) is 0 Å². The number of benzene rings is 1. The molecule has 1 aromatic carbocycles. The van der Waals surface area contributed by atoms with Gasteiger partial charge in [-0.3, -0.25) is 0 Å². The third-order valence-electron chi connectivity index (χ3n) is 3.70. The summed E-state index contributed by atoms with van der Waals surface area (Å²) in [6.45, 7) is 5.23. The van der Waals surface area contributed by atoms with Crippen LogP contribution in [0, 0.1) is 6.92 Å². The van der Waals surface area contributed by atoms with Crippen LogP contribution in [-0.2, 0) is 19.5 Å². The highest BCUT2D eigenvalue weighted by Gasteiger charge is 2.15. The summed E-state index contributed by atoms with van der Waals surface area (Å²) in [4.78, 5) is 5.14. The fraction of sp³-hybridized carbons (Fsp3) is 0.375. The molecule has 1 N–H and O–H groups in total. The topological polar surface area (TPSA) is 15.3 Å². The van der Waals surface area contributed by atoms with Gasteiger partial charge in [-0.15, -0.1) is 11.3 Å². The van der Waals surface area contributed by atoms with E-state index in [4.69, 9.17) is 0 Å². The van der Waals surface area contributed by atoms with E-state index in [1.165, 1.54) is 33.0 Å². The lowest BCUT2D eigenvalue weighted by Crippen LogP contribution is -2.13. The van der Waals surface area contributed by atoms with Crippen molar-refractivity contribution in [1.29, 1.82) is 0 Å². The van der Waals surface area contributed by atoms with Crippen molar-refractivity contribution in [2.24, 2.45) is 0 Å². The maximum Gasteiger partial charge on any atom is 0.0397 e. The fourth-order valence-corrected chi connectivity index (χ4v) is 3.50. The minimum Gasteiger partial charge on any atom is -0.374 e. The van der Waals surface area contributed by atoms with Crippen molar-refractivity contribution in [3.8, 4) is 0 Å². The third-order valence-corrected chi connectivity index (χ3v) is 4.70. The van der Waals surface area contributed by atoms with Crippen molar-refractivity contribution in [3.63, 3.8) is 0 Å². The number of nitrogens with one attached hydrogen (secondary N) is 1. The Kier molecular flexibility index (Phi) is 3.58. The molecule has 0 atom stereocenters. The molecule has 0 fully saturated rings. The van der Waals surface area contributed by atoms with Crippen LogP contribution in [0.1, 0.15) is 20.9 Å². The number of thiophene rings is 1. The number of nitrogens with zero attached hydrogens (tertiary/aromatic N) is 1. The number of hydrogen-bond donors (Lipinski definition) is 1.